The lowest BCUT2D eigenvalue weighted by Crippen LogP contribution is -1.81. The first-order valence-electron chi connectivity index (χ1n) is 5.36. The molecule has 0 aliphatic carbocycles. The summed E-state index contributed by atoms with van der Waals surface area (Å²) >= 11 is 0. The van der Waals surface area contributed by atoms with Crippen molar-refractivity contribution in [1.82, 2.24) is 15.1 Å². The van der Waals surface area contributed by atoms with Gasteiger partial charge in [-0.25, -0.2) is 0 Å². The van der Waals surface area contributed by atoms with Crippen LogP contribution in [0.25, 0.3) is 22.8 Å². The number of rotatable bonds is 2. The quantitative estimate of drug-likeness (QED) is 0.743. The first-order chi connectivity index (χ1) is 8.83. The molecule has 1 aromatic carbocycles. The van der Waals surface area contributed by atoms with Gasteiger partial charge in [0.1, 0.15) is 5.75 Å². The molecule has 0 amide bonds. The Labute approximate surface area is 103 Å². The first-order valence-corrected chi connectivity index (χ1v) is 5.36. The Kier molecular flexibility index (Phi) is 2.49. The summed E-state index contributed by atoms with van der Waals surface area (Å²) in [7, 11) is 0. The van der Waals surface area contributed by atoms with Gasteiger partial charge in [0.2, 0.25) is 5.82 Å². The van der Waals surface area contributed by atoms with E-state index in [0.717, 1.165) is 5.56 Å². The molecule has 0 atom stereocenters. The highest BCUT2D eigenvalue weighted by molar-refractivity contribution is 5.60. The van der Waals surface area contributed by atoms with E-state index in [1.165, 1.54) is 0 Å². The van der Waals surface area contributed by atoms with E-state index in [2.05, 4.69) is 15.1 Å². The number of aromatic nitrogens is 3. The van der Waals surface area contributed by atoms with Crippen LogP contribution in [0, 0.1) is 0 Å². The topological polar surface area (TPSA) is 72.0 Å². The molecule has 18 heavy (non-hydrogen) atoms. The predicted octanol–water partition coefficient (Wildman–Crippen LogP) is 2.50. The number of aromatic hydroxyl groups is 1. The highest BCUT2D eigenvalue weighted by atomic mass is 16.5. The summed E-state index contributed by atoms with van der Waals surface area (Å²) in [4.78, 5) is 8.20. The van der Waals surface area contributed by atoms with Crippen molar-refractivity contribution in [1.29, 1.82) is 0 Å². The number of nitrogens with zero attached hydrogens (tertiary/aromatic N) is 3. The summed E-state index contributed by atoms with van der Waals surface area (Å²) < 4.78 is 5.17. The second-order valence-corrected chi connectivity index (χ2v) is 3.71. The minimum Gasteiger partial charge on any atom is -0.508 e. The number of hydrogen-bond acceptors (Lipinski definition) is 5. The van der Waals surface area contributed by atoms with Gasteiger partial charge in [-0.3, -0.25) is 4.98 Å². The van der Waals surface area contributed by atoms with Crippen molar-refractivity contribution >= 4 is 0 Å². The molecule has 3 aromatic rings. The van der Waals surface area contributed by atoms with E-state index in [1.54, 1.807) is 48.8 Å². The van der Waals surface area contributed by atoms with Gasteiger partial charge in [0.05, 0.1) is 0 Å². The van der Waals surface area contributed by atoms with E-state index in [1.807, 2.05) is 0 Å². The average molecular weight is 239 g/mol. The summed E-state index contributed by atoms with van der Waals surface area (Å²) in [6.45, 7) is 0. The fraction of sp³-hybridized carbons (Fsp3) is 0. The highest BCUT2D eigenvalue weighted by Gasteiger charge is 2.10. The molecule has 0 saturated carbocycles. The Morgan fingerprint density at radius 2 is 1.83 bits per heavy atom. The zero-order valence-corrected chi connectivity index (χ0v) is 9.32. The Morgan fingerprint density at radius 3 is 2.61 bits per heavy atom. The van der Waals surface area contributed by atoms with Crippen LogP contribution < -0.4 is 0 Å². The van der Waals surface area contributed by atoms with E-state index >= 15 is 0 Å². The number of hydrogen-bond donors (Lipinski definition) is 1. The molecule has 0 spiro atoms. The van der Waals surface area contributed by atoms with Gasteiger partial charge in [-0.15, -0.1) is 0 Å². The molecule has 2 heterocycles. The normalized spacial score (nSPS) is 10.4. The molecule has 0 unspecified atom stereocenters. The molecule has 88 valence electrons. The van der Waals surface area contributed by atoms with Crippen LogP contribution in [-0.2, 0) is 0 Å². The Morgan fingerprint density at radius 1 is 1.00 bits per heavy atom. The Bertz CT molecular complexity index is 665. The summed E-state index contributed by atoms with van der Waals surface area (Å²) in [6, 6.07) is 10.3. The van der Waals surface area contributed by atoms with Crippen LogP contribution in [0.1, 0.15) is 0 Å². The molecule has 0 aliphatic heterocycles. The Balaban J connectivity index is 2.00. The molecule has 0 bridgehead atoms. The molecule has 0 aliphatic rings. The SMILES string of the molecule is Oc1cccc(-c2nc(-c3ccncc3)no2)c1. The van der Waals surface area contributed by atoms with E-state index in [0.29, 0.717) is 17.3 Å². The lowest BCUT2D eigenvalue weighted by atomic mass is 10.2. The monoisotopic (exact) mass is 239 g/mol. The van der Waals surface area contributed by atoms with Gasteiger partial charge >= 0.3 is 0 Å². The zero-order chi connectivity index (χ0) is 12.4. The van der Waals surface area contributed by atoms with Crippen LogP contribution in [-0.4, -0.2) is 20.2 Å². The fourth-order valence-electron chi connectivity index (χ4n) is 1.60. The minimum atomic E-state index is 0.163. The predicted molar refractivity (Wildman–Crippen MR) is 64.6 cm³/mol. The molecule has 3 rings (SSSR count). The van der Waals surface area contributed by atoms with Crippen LogP contribution in [0.2, 0.25) is 0 Å². The van der Waals surface area contributed by atoms with E-state index in [4.69, 9.17) is 4.52 Å². The van der Waals surface area contributed by atoms with E-state index < -0.39 is 0 Å². The highest BCUT2D eigenvalue weighted by Crippen LogP contribution is 2.24. The molecule has 1 N–H and O–H groups in total. The van der Waals surface area contributed by atoms with Crippen LogP contribution in [0.3, 0.4) is 0 Å². The third kappa shape index (κ3) is 1.93. The number of pyridine rings is 1. The number of phenols is 1. The number of phenolic OH excluding ortho intramolecular Hbond substituents is 1. The summed E-state index contributed by atoms with van der Waals surface area (Å²) in [5.74, 6) is 1.03. The van der Waals surface area contributed by atoms with Gasteiger partial charge in [0.15, 0.2) is 0 Å². The maximum atomic E-state index is 9.40. The molecular formula is C13H9N3O2. The van der Waals surface area contributed by atoms with Crippen LogP contribution in [0.5, 0.6) is 5.75 Å². The largest absolute Gasteiger partial charge is 0.508 e. The molecule has 0 fully saturated rings. The lowest BCUT2D eigenvalue weighted by Gasteiger charge is -1.94. The standard InChI is InChI=1S/C13H9N3O2/c17-11-3-1-2-10(8-11)13-15-12(16-18-13)9-4-6-14-7-5-9/h1-8,17H. The second kappa shape index (κ2) is 4.29. The lowest BCUT2D eigenvalue weighted by molar-refractivity contribution is 0.431. The first kappa shape index (κ1) is 10.5. The third-order valence-corrected chi connectivity index (χ3v) is 2.46. The van der Waals surface area contributed by atoms with Gasteiger partial charge in [-0.05, 0) is 30.3 Å². The van der Waals surface area contributed by atoms with Crippen molar-refractivity contribution in [2.24, 2.45) is 0 Å². The van der Waals surface area contributed by atoms with Gasteiger partial charge in [-0.1, -0.05) is 11.2 Å². The van der Waals surface area contributed by atoms with Crippen molar-refractivity contribution in [3.05, 3.63) is 48.8 Å². The molecule has 2 aromatic heterocycles. The molecule has 5 nitrogen and oxygen atoms in total. The summed E-state index contributed by atoms with van der Waals surface area (Å²) in [5.41, 5.74) is 1.52. The number of benzene rings is 1. The van der Waals surface area contributed by atoms with E-state index in [-0.39, 0.29) is 5.75 Å². The van der Waals surface area contributed by atoms with Crippen LogP contribution >= 0.6 is 0 Å². The van der Waals surface area contributed by atoms with Crippen molar-refractivity contribution in [2.75, 3.05) is 0 Å². The van der Waals surface area contributed by atoms with E-state index in [9.17, 15) is 5.11 Å². The third-order valence-electron chi connectivity index (χ3n) is 2.46. The molecular weight excluding hydrogens is 230 g/mol. The van der Waals surface area contributed by atoms with Crippen molar-refractivity contribution in [3.8, 4) is 28.6 Å². The minimum absolute atomic E-state index is 0.163. The van der Waals surface area contributed by atoms with Gasteiger partial charge in [0, 0.05) is 23.5 Å². The van der Waals surface area contributed by atoms with Gasteiger partial charge in [0.25, 0.3) is 5.89 Å². The fourth-order valence-corrected chi connectivity index (χ4v) is 1.60. The van der Waals surface area contributed by atoms with Crippen LogP contribution in [0.15, 0.2) is 53.3 Å². The van der Waals surface area contributed by atoms with Crippen molar-refractivity contribution in [2.45, 2.75) is 0 Å². The molecule has 5 heteroatoms. The van der Waals surface area contributed by atoms with Crippen molar-refractivity contribution in [3.63, 3.8) is 0 Å². The maximum Gasteiger partial charge on any atom is 0.258 e. The average Bonchev–Trinajstić information content (AvgIpc) is 2.89. The molecule has 0 saturated heterocycles. The summed E-state index contributed by atoms with van der Waals surface area (Å²) in [5, 5.41) is 13.3. The molecule has 0 radical (unpaired) electrons. The van der Waals surface area contributed by atoms with Gasteiger partial charge in [-0.2, -0.15) is 4.98 Å². The smallest absolute Gasteiger partial charge is 0.258 e. The van der Waals surface area contributed by atoms with Gasteiger partial charge < -0.3 is 9.63 Å². The Hall–Kier alpha value is -2.69. The zero-order valence-electron chi connectivity index (χ0n) is 9.32. The summed E-state index contributed by atoms with van der Waals surface area (Å²) in [6.07, 6.45) is 3.33. The second-order valence-electron chi connectivity index (χ2n) is 3.71. The van der Waals surface area contributed by atoms with Crippen LogP contribution in [0.4, 0.5) is 0 Å². The van der Waals surface area contributed by atoms with Crippen molar-refractivity contribution < 1.29 is 9.63 Å². The maximum absolute atomic E-state index is 9.40.